The largest absolute Gasteiger partial charge is 0.507 e. The van der Waals surface area contributed by atoms with Gasteiger partial charge in [0.2, 0.25) is 5.13 Å². The van der Waals surface area contributed by atoms with E-state index < -0.39 is 28.4 Å². The Balaban J connectivity index is 1.57. The molecule has 196 valence electrons. The van der Waals surface area contributed by atoms with Crippen LogP contribution in [0.3, 0.4) is 0 Å². The number of nitrogens with zero attached hydrogens (tertiary/aromatic N) is 4. The Morgan fingerprint density at radius 2 is 1.85 bits per heavy atom. The lowest BCUT2D eigenvalue weighted by Gasteiger charge is -2.22. The summed E-state index contributed by atoms with van der Waals surface area (Å²) < 4.78 is 14.5. The molecule has 1 unspecified atom stereocenters. The number of aliphatic hydroxyl groups is 1. The van der Waals surface area contributed by atoms with Crippen molar-refractivity contribution in [2.24, 2.45) is 0 Å². The lowest BCUT2D eigenvalue weighted by Crippen LogP contribution is -2.29. The molecule has 1 amide bonds. The fourth-order valence-corrected chi connectivity index (χ4v) is 5.99. The third kappa shape index (κ3) is 5.16. The number of aryl methyl sites for hydroxylation is 1. The molecule has 1 aliphatic rings. The first-order valence-corrected chi connectivity index (χ1v) is 13.4. The van der Waals surface area contributed by atoms with E-state index >= 15 is 0 Å². The molecule has 1 fully saturated rings. The Labute approximate surface area is 229 Å². The van der Waals surface area contributed by atoms with Crippen LogP contribution >= 0.6 is 23.1 Å². The second-order valence-electron chi connectivity index (χ2n) is 8.62. The molecule has 1 aliphatic heterocycles. The maximum Gasteiger partial charge on any atom is 0.301 e. The molecule has 0 radical (unpaired) electrons. The molecule has 2 heterocycles. The van der Waals surface area contributed by atoms with Crippen LogP contribution in [0.2, 0.25) is 0 Å². The van der Waals surface area contributed by atoms with E-state index in [2.05, 4.69) is 10.2 Å². The van der Waals surface area contributed by atoms with Gasteiger partial charge in [-0.2, -0.15) is 0 Å². The minimum absolute atomic E-state index is 0.0626. The van der Waals surface area contributed by atoms with Crippen molar-refractivity contribution in [1.82, 2.24) is 10.2 Å². The van der Waals surface area contributed by atoms with Crippen LogP contribution in [0.1, 0.15) is 28.3 Å². The van der Waals surface area contributed by atoms with Gasteiger partial charge >= 0.3 is 5.91 Å². The summed E-state index contributed by atoms with van der Waals surface area (Å²) in [5.74, 6) is -2.42. The standard InChI is InChI=1S/C27H19FN4O5S2/c1-15-9-11-16(12-10-15)23(33)21-22(17-6-4-7-19(13-17)32(36)37)31(25(35)24(21)34)26-29-30-27(39-26)38-14-18-5-2-3-8-20(18)28/h2-13,22,33H,14H2,1H3/b23-21-. The third-order valence-corrected chi connectivity index (χ3v) is 8.18. The van der Waals surface area contributed by atoms with Gasteiger partial charge < -0.3 is 5.11 Å². The monoisotopic (exact) mass is 562 g/mol. The average molecular weight is 563 g/mol. The summed E-state index contributed by atoms with van der Waals surface area (Å²) in [6, 6.07) is 17.4. The maximum absolute atomic E-state index is 14.0. The Morgan fingerprint density at radius 1 is 1.10 bits per heavy atom. The van der Waals surface area contributed by atoms with E-state index in [1.165, 1.54) is 42.1 Å². The number of hydrogen-bond donors (Lipinski definition) is 1. The van der Waals surface area contributed by atoms with Gasteiger partial charge in [-0.15, -0.1) is 10.2 Å². The van der Waals surface area contributed by atoms with Crippen molar-refractivity contribution in [3.63, 3.8) is 0 Å². The Kier molecular flexibility index (Phi) is 7.22. The van der Waals surface area contributed by atoms with Crippen molar-refractivity contribution in [1.29, 1.82) is 0 Å². The summed E-state index contributed by atoms with van der Waals surface area (Å²) in [5.41, 5.74) is 1.48. The molecule has 1 saturated heterocycles. The van der Waals surface area contributed by atoms with Gasteiger partial charge in [-0.1, -0.05) is 83.3 Å². The number of ketones is 1. The zero-order chi connectivity index (χ0) is 27.7. The number of anilines is 1. The van der Waals surface area contributed by atoms with Gasteiger partial charge in [-0.05, 0) is 24.1 Å². The van der Waals surface area contributed by atoms with Gasteiger partial charge in [0.1, 0.15) is 11.6 Å². The smallest absolute Gasteiger partial charge is 0.301 e. The SMILES string of the molecule is Cc1ccc(/C(O)=C2/C(=O)C(=O)N(c3nnc(SCc4ccccc4F)s3)C2c2cccc([N+](=O)[O-])c2)cc1. The number of Topliss-reactive ketones (excluding diaryl/α,β-unsaturated/α-hetero) is 1. The molecule has 1 aromatic heterocycles. The average Bonchev–Trinajstić information content (AvgIpc) is 3.50. The number of rotatable bonds is 7. The van der Waals surface area contributed by atoms with Gasteiger partial charge in [0.25, 0.3) is 11.5 Å². The first-order chi connectivity index (χ1) is 18.7. The molecule has 4 aromatic rings. The van der Waals surface area contributed by atoms with Gasteiger partial charge in [-0.3, -0.25) is 24.6 Å². The third-order valence-electron chi connectivity index (χ3n) is 6.08. The zero-order valence-electron chi connectivity index (χ0n) is 20.3. The highest BCUT2D eigenvalue weighted by Crippen LogP contribution is 2.44. The highest BCUT2D eigenvalue weighted by atomic mass is 32.2. The first kappa shape index (κ1) is 26.2. The number of nitro groups is 1. The van der Waals surface area contributed by atoms with Gasteiger partial charge in [-0.25, -0.2) is 4.39 Å². The summed E-state index contributed by atoms with van der Waals surface area (Å²) in [6.45, 7) is 1.86. The van der Waals surface area contributed by atoms with E-state index in [1.54, 1.807) is 42.5 Å². The Bertz CT molecular complexity index is 1640. The van der Waals surface area contributed by atoms with Crippen LogP contribution < -0.4 is 4.90 Å². The molecule has 3 aromatic carbocycles. The highest BCUT2D eigenvalue weighted by molar-refractivity contribution is 8.00. The number of thioether (sulfide) groups is 1. The second kappa shape index (κ2) is 10.8. The number of hydrogen-bond acceptors (Lipinski definition) is 9. The number of halogens is 1. The van der Waals surface area contributed by atoms with Crippen LogP contribution in [-0.4, -0.2) is 31.9 Å². The van der Waals surface area contributed by atoms with E-state index in [0.717, 1.165) is 21.8 Å². The number of aliphatic hydroxyl groups excluding tert-OH is 1. The first-order valence-electron chi connectivity index (χ1n) is 11.6. The van der Waals surface area contributed by atoms with Crippen molar-refractivity contribution in [3.05, 3.63) is 117 Å². The van der Waals surface area contributed by atoms with E-state index in [9.17, 15) is 29.2 Å². The van der Waals surface area contributed by atoms with Crippen molar-refractivity contribution < 1.29 is 24.0 Å². The molecular formula is C27H19FN4O5S2. The molecule has 12 heteroatoms. The lowest BCUT2D eigenvalue weighted by molar-refractivity contribution is -0.384. The number of aromatic nitrogens is 2. The number of nitro benzene ring substituents is 1. The topological polar surface area (TPSA) is 127 Å². The van der Waals surface area contributed by atoms with Crippen LogP contribution in [0.4, 0.5) is 15.2 Å². The number of carbonyl (C=O) groups is 2. The molecule has 5 rings (SSSR count). The van der Waals surface area contributed by atoms with Gasteiger partial charge in [0.05, 0.1) is 16.5 Å². The normalized spacial score (nSPS) is 16.6. The summed E-state index contributed by atoms with van der Waals surface area (Å²) in [4.78, 5) is 38.6. The fraction of sp³-hybridized carbons (Fsp3) is 0.111. The Morgan fingerprint density at radius 3 is 2.56 bits per heavy atom. The van der Waals surface area contributed by atoms with Crippen LogP contribution in [0, 0.1) is 22.9 Å². The van der Waals surface area contributed by atoms with Crippen molar-refractivity contribution in [2.75, 3.05) is 4.90 Å². The molecule has 0 bridgehead atoms. The quantitative estimate of drug-likeness (QED) is 0.0569. The lowest BCUT2D eigenvalue weighted by atomic mass is 9.95. The van der Waals surface area contributed by atoms with Crippen molar-refractivity contribution in [2.45, 2.75) is 23.1 Å². The minimum atomic E-state index is -1.19. The number of benzene rings is 3. The van der Waals surface area contributed by atoms with Crippen molar-refractivity contribution in [3.8, 4) is 0 Å². The molecule has 1 N–H and O–H groups in total. The van der Waals surface area contributed by atoms with E-state index in [4.69, 9.17) is 0 Å². The van der Waals surface area contributed by atoms with Crippen LogP contribution in [0.15, 0.2) is 82.7 Å². The maximum atomic E-state index is 14.0. The summed E-state index contributed by atoms with van der Waals surface area (Å²) in [6.07, 6.45) is 0. The number of amides is 1. The van der Waals surface area contributed by atoms with Crippen LogP contribution in [-0.2, 0) is 15.3 Å². The van der Waals surface area contributed by atoms with Gasteiger partial charge in [0.15, 0.2) is 4.34 Å². The predicted octanol–water partition coefficient (Wildman–Crippen LogP) is 5.81. The number of carbonyl (C=O) groups excluding carboxylic acids is 2. The van der Waals surface area contributed by atoms with Crippen LogP contribution in [0.25, 0.3) is 5.76 Å². The van der Waals surface area contributed by atoms with Crippen LogP contribution in [0.5, 0.6) is 0 Å². The second-order valence-corrected chi connectivity index (χ2v) is 10.8. The summed E-state index contributed by atoms with van der Waals surface area (Å²) in [5, 5.41) is 30.9. The molecule has 0 spiro atoms. The van der Waals surface area contributed by atoms with E-state index in [1.807, 2.05) is 6.92 Å². The molecule has 39 heavy (non-hydrogen) atoms. The Hall–Kier alpha value is -4.42. The van der Waals surface area contributed by atoms with Crippen molar-refractivity contribution >= 4 is 51.4 Å². The number of non-ortho nitro benzene ring substituents is 1. The highest BCUT2D eigenvalue weighted by Gasteiger charge is 2.48. The molecule has 1 atom stereocenters. The molecule has 9 nitrogen and oxygen atoms in total. The van der Waals surface area contributed by atoms with E-state index in [-0.39, 0.29) is 33.5 Å². The molecule has 0 aliphatic carbocycles. The minimum Gasteiger partial charge on any atom is -0.507 e. The predicted molar refractivity (Wildman–Crippen MR) is 145 cm³/mol. The van der Waals surface area contributed by atoms with Gasteiger partial charge in [0, 0.05) is 23.4 Å². The summed E-state index contributed by atoms with van der Waals surface area (Å²) in [7, 11) is 0. The van der Waals surface area contributed by atoms with E-state index in [0.29, 0.717) is 15.5 Å². The molecular weight excluding hydrogens is 543 g/mol. The summed E-state index contributed by atoms with van der Waals surface area (Å²) >= 11 is 2.22. The fourth-order valence-electron chi connectivity index (χ4n) is 4.13. The zero-order valence-corrected chi connectivity index (χ0v) is 21.9. The molecule has 0 saturated carbocycles.